The highest BCUT2D eigenvalue weighted by Crippen LogP contribution is 2.37. The fourth-order valence-electron chi connectivity index (χ4n) is 3.27. The van der Waals surface area contributed by atoms with E-state index in [1.54, 1.807) is 12.3 Å². The normalized spacial score (nSPS) is 19.3. The lowest BCUT2D eigenvalue weighted by Gasteiger charge is -2.38. The molecule has 35 heavy (non-hydrogen) atoms. The van der Waals surface area contributed by atoms with E-state index in [-0.39, 0.29) is 11.5 Å². The van der Waals surface area contributed by atoms with Gasteiger partial charge in [0.25, 0.3) is 5.91 Å². The van der Waals surface area contributed by atoms with Gasteiger partial charge in [-0.05, 0) is 45.5 Å². The van der Waals surface area contributed by atoms with E-state index in [0.29, 0.717) is 11.7 Å². The summed E-state index contributed by atoms with van der Waals surface area (Å²) < 4.78 is 69.6. The number of ether oxygens (including phenoxy) is 1. The lowest BCUT2D eigenvalue weighted by atomic mass is 9.87. The maximum absolute atomic E-state index is 12.4. The van der Waals surface area contributed by atoms with Crippen molar-refractivity contribution in [1.29, 1.82) is 0 Å². The van der Waals surface area contributed by atoms with Crippen LogP contribution in [-0.2, 0) is 14.3 Å². The number of halogens is 6. The van der Waals surface area contributed by atoms with Crippen molar-refractivity contribution >= 4 is 17.8 Å². The summed E-state index contributed by atoms with van der Waals surface area (Å²) >= 11 is 0. The van der Waals surface area contributed by atoms with Crippen LogP contribution in [0, 0.1) is 0 Å². The molecular weight excluding hydrogens is 492 g/mol. The molecule has 3 rings (SSSR count). The number of amides is 1. The molecule has 1 aromatic heterocycles. The molecule has 2 saturated heterocycles. The Morgan fingerprint density at radius 3 is 1.86 bits per heavy atom. The summed E-state index contributed by atoms with van der Waals surface area (Å²) in [7, 11) is 4.21. The average molecular weight is 517 g/mol. The number of hydrogen-bond acceptors (Lipinski definition) is 6. The van der Waals surface area contributed by atoms with E-state index < -0.39 is 24.3 Å². The van der Waals surface area contributed by atoms with Gasteiger partial charge < -0.3 is 24.7 Å². The molecule has 1 spiro atoms. The van der Waals surface area contributed by atoms with Crippen molar-refractivity contribution in [2.24, 2.45) is 0 Å². The highest BCUT2D eigenvalue weighted by atomic mass is 19.4. The summed E-state index contributed by atoms with van der Waals surface area (Å²) in [4.78, 5) is 38.5. The fraction of sp³-hybridized carbons (Fsp3) is 0.600. The van der Waals surface area contributed by atoms with Gasteiger partial charge in [-0.1, -0.05) is 6.07 Å². The van der Waals surface area contributed by atoms with Crippen LogP contribution in [0.4, 0.5) is 26.3 Å². The molecule has 0 bridgehead atoms. The molecule has 1 unspecified atom stereocenters. The first kappa shape index (κ1) is 30.1. The minimum atomic E-state index is -5.08. The Hall–Kier alpha value is -2.94. The Morgan fingerprint density at radius 1 is 1.03 bits per heavy atom. The first-order valence-electron chi connectivity index (χ1n) is 10.1. The number of piperidine rings is 1. The van der Waals surface area contributed by atoms with E-state index in [9.17, 15) is 31.1 Å². The van der Waals surface area contributed by atoms with Gasteiger partial charge in [0.05, 0.1) is 12.2 Å². The second-order valence-electron chi connectivity index (χ2n) is 7.93. The van der Waals surface area contributed by atoms with E-state index in [1.807, 2.05) is 17.0 Å². The molecule has 198 valence electrons. The number of rotatable bonds is 2. The number of alkyl halides is 6. The maximum atomic E-state index is 12.4. The lowest BCUT2D eigenvalue weighted by Crippen LogP contribution is -2.47. The molecule has 15 heteroatoms. The zero-order chi connectivity index (χ0) is 27.0. The van der Waals surface area contributed by atoms with Crippen molar-refractivity contribution in [2.45, 2.75) is 43.3 Å². The summed E-state index contributed by atoms with van der Waals surface area (Å²) in [5.41, 5.74) is 0.516. The molecule has 0 aromatic carbocycles. The largest absolute Gasteiger partial charge is 0.490 e. The van der Waals surface area contributed by atoms with Crippen LogP contribution in [0.1, 0.15) is 29.8 Å². The second kappa shape index (κ2) is 12.2. The monoisotopic (exact) mass is 517 g/mol. The van der Waals surface area contributed by atoms with Crippen LogP contribution in [0.15, 0.2) is 24.4 Å². The fourth-order valence-corrected chi connectivity index (χ4v) is 3.27. The first-order chi connectivity index (χ1) is 16.0. The Balaban J connectivity index is 0.000000362. The number of carboxylic acids is 2. The van der Waals surface area contributed by atoms with Crippen LogP contribution in [0.2, 0.25) is 0 Å². The molecule has 1 atom stereocenters. The Labute approximate surface area is 196 Å². The molecule has 0 saturated carbocycles. The molecule has 9 nitrogen and oxygen atoms in total. The number of nitrogens with zero attached hydrogens (tertiary/aromatic N) is 3. The number of aliphatic carboxylic acids is 2. The summed E-state index contributed by atoms with van der Waals surface area (Å²) in [6.45, 7) is 2.33. The van der Waals surface area contributed by atoms with Crippen LogP contribution in [0.3, 0.4) is 0 Å². The van der Waals surface area contributed by atoms with Gasteiger partial charge in [-0.2, -0.15) is 26.3 Å². The minimum absolute atomic E-state index is 0.0180. The summed E-state index contributed by atoms with van der Waals surface area (Å²) in [5, 5.41) is 14.2. The van der Waals surface area contributed by atoms with Crippen LogP contribution in [0.5, 0.6) is 0 Å². The third-order valence-electron chi connectivity index (χ3n) is 5.25. The maximum Gasteiger partial charge on any atom is 0.490 e. The van der Waals surface area contributed by atoms with Gasteiger partial charge in [-0.15, -0.1) is 0 Å². The van der Waals surface area contributed by atoms with E-state index >= 15 is 0 Å². The van der Waals surface area contributed by atoms with Crippen molar-refractivity contribution in [3.05, 3.63) is 30.1 Å². The van der Waals surface area contributed by atoms with Gasteiger partial charge in [-0.25, -0.2) is 9.59 Å². The zero-order valence-corrected chi connectivity index (χ0v) is 18.8. The molecule has 0 aliphatic carbocycles. The van der Waals surface area contributed by atoms with Crippen molar-refractivity contribution in [1.82, 2.24) is 14.8 Å². The average Bonchev–Trinajstić information content (AvgIpc) is 3.18. The van der Waals surface area contributed by atoms with Crippen LogP contribution < -0.4 is 0 Å². The smallest absolute Gasteiger partial charge is 0.475 e. The van der Waals surface area contributed by atoms with Crippen molar-refractivity contribution < 1.29 is 55.7 Å². The molecule has 2 aliphatic rings. The van der Waals surface area contributed by atoms with Gasteiger partial charge in [0.15, 0.2) is 0 Å². The van der Waals surface area contributed by atoms with E-state index in [4.69, 9.17) is 24.5 Å². The number of aromatic nitrogens is 1. The quantitative estimate of drug-likeness (QED) is 0.575. The van der Waals surface area contributed by atoms with E-state index in [0.717, 1.165) is 39.0 Å². The molecule has 2 aliphatic heterocycles. The SMILES string of the molecule is CN(C)C1COC2(CCN(C(=O)c3ccccn3)CC2)C1.O=C(O)C(F)(F)F.O=C(O)C(F)(F)F. The van der Waals surface area contributed by atoms with Gasteiger partial charge >= 0.3 is 24.3 Å². The second-order valence-corrected chi connectivity index (χ2v) is 7.93. The predicted octanol–water partition coefficient (Wildman–Crippen LogP) is 2.67. The Bertz CT molecular complexity index is 831. The third-order valence-corrected chi connectivity index (χ3v) is 5.25. The summed E-state index contributed by atoms with van der Waals surface area (Å²) in [5.74, 6) is -5.48. The molecule has 3 heterocycles. The third kappa shape index (κ3) is 9.68. The number of likely N-dealkylation sites (N-methyl/N-ethyl adjacent to an activating group) is 1. The number of hydrogen-bond donors (Lipinski definition) is 2. The van der Waals surface area contributed by atoms with Crippen LogP contribution >= 0.6 is 0 Å². The molecule has 0 radical (unpaired) electrons. The standard InChI is InChI=1S/C16H23N3O2.2C2HF3O2/c1-18(2)13-11-16(21-12-13)6-9-19(10-7-16)15(20)14-5-3-4-8-17-14;2*3-2(4,5)1(6)7/h3-5,8,13H,6-7,9-12H2,1-2H3;2*(H,6,7). The van der Waals surface area contributed by atoms with Crippen molar-refractivity contribution in [3.63, 3.8) is 0 Å². The van der Waals surface area contributed by atoms with Crippen molar-refractivity contribution in [2.75, 3.05) is 33.8 Å². The molecular formula is C20H25F6N3O6. The number of carbonyl (C=O) groups is 3. The lowest BCUT2D eigenvalue weighted by molar-refractivity contribution is -0.193. The first-order valence-corrected chi connectivity index (χ1v) is 10.1. The molecule has 2 N–H and O–H groups in total. The van der Waals surface area contributed by atoms with Gasteiger partial charge in [0.1, 0.15) is 5.69 Å². The van der Waals surface area contributed by atoms with Crippen LogP contribution in [-0.4, -0.2) is 101 Å². The summed E-state index contributed by atoms with van der Waals surface area (Å²) in [6, 6.07) is 5.97. The van der Waals surface area contributed by atoms with Crippen LogP contribution in [0.25, 0.3) is 0 Å². The number of pyridine rings is 1. The highest BCUT2D eigenvalue weighted by molar-refractivity contribution is 5.92. The van der Waals surface area contributed by atoms with E-state index in [2.05, 4.69) is 24.0 Å². The van der Waals surface area contributed by atoms with Gasteiger partial charge in [0, 0.05) is 25.3 Å². The highest BCUT2D eigenvalue weighted by Gasteiger charge is 2.44. The molecule has 1 aromatic rings. The predicted molar refractivity (Wildman–Crippen MR) is 108 cm³/mol. The molecule has 2 fully saturated rings. The topological polar surface area (TPSA) is 120 Å². The summed E-state index contributed by atoms with van der Waals surface area (Å²) in [6.07, 6.45) is -5.57. The van der Waals surface area contributed by atoms with Gasteiger partial charge in [0.2, 0.25) is 0 Å². The number of carboxylic acid groups (broad SMARTS) is 2. The zero-order valence-electron chi connectivity index (χ0n) is 18.8. The van der Waals surface area contributed by atoms with E-state index in [1.165, 1.54) is 0 Å². The Morgan fingerprint density at radius 2 is 1.51 bits per heavy atom. The number of likely N-dealkylation sites (tertiary alicyclic amines) is 1. The number of carbonyl (C=O) groups excluding carboxylic acids is 1. The molecule has 1 amide bonds. The van der Waals surface area contributed by atoms with Gasteiger partial charge in [-0.3, -0.25) is 9.78 Å². The minimum Gasteiger partial charge on any atom is -0.475 e. The Kier molecular flexibility index (Phi) is 10.4. The van der Waals surface area contributed by atoms with Crippen molar-refractivity contribution in [3.8, 4) is 0 Å².